The van der Waals surface area contributed by atoms with Gasteiger partial charge in [-0.2, -0.15) is 5.26 Å². The van der Waals surface area contributed by atoms with Crippen molar-refractivity contribution in [1.82, 2.24) is 0 Å². The topological polar surface area (TPSA) is 99.8 Å². The highest BCUT2D eigenvalue weighted by atomic mass is 16.5. The molecule has 6 nitrogen and oxygen atoms in total. The summed E-state index contributed by atoms with van der Waals surface area (Å²) < 4.78 is 10.1. The number of aliphatic hydroxyl groups excluding tert-OH is 1. The van der Waals surface area contributed by atoms with Gasteiger partial charge in [-0.1, -0.05) is 0 Å². The molecule has 1 aromatic carbocycles. The number of nitriles is 1. The number of nitrogens with zero attached hydrogens (tertiary/aromatic N) is 1. The minimum absolute atomic E-state index is 0.362. The molecule has 6 heteroatoms. The molecule has 1 aromatic rings. The molecule has 0 atom stereocenters. The summed E-state index contributed by atoms with van der Waals surface area (Å²) in [6.45, 7) is 0. The number of rotatable bonds is 5. The van der Waals surface area contributed by atoms with E-state index in [2.05, 4.69) is 0 Å². The summed E-state index contributed by atoms with van der Waals surface area (Å²) in [7, 11) is 2.97. The maximum atomic E-state index is 10.7. The molecule has 0 saturated carbocycles. The van der Waals surface area contributed by atoms with Crippen LogP contribution in [0.1, 0.15) is 5.56 Å². The molecule has 0 fully saturated rings. The number of benzene rings is 1. The minimum atomic E-state index is -1.41. The Morgan fingerprint density at radius 1 is 1.20 bits per heavy atom. The second kappa shape index (κ2) is 6.85. The lowest BCUT2D eigenvalue weighted by atomic mass is 10.1. The molecule has 0 heterocycles. The lowest BCUT2D eigenvalue weighted by molar-refractivity contribution is -0.132. The van der Waals surface area contributed by atoms with Crippen molar-refractivity contribution >= 4 is 12.0 Å². The van der Waals surface area contributed by atoms with Gasteiger partial charge in [0.05, 0.1) is 14.2 Å². The van der Waals surface area contributed by atoms with E-state index in [1.807, 2.05) is 0 Å². The van der Waals surface area contributed by atoms with Crippen molar-refractivity contribution in [3.05, 3.63) is 41.2 Å². The Kier molecular flexibility index (Phi) is 5.18. The number of carboxylic acid groups (broad SMARTS) is 1. The first kappa shape index (κ1) is 15.1. The van der Waals surface area contributed by atoms with E-state index in [1.54, 1.807) is 18.2 Å². The summed E-state index contributed by atoms with van der Waals surface area (Å²) in [6.07, 6.45) is 2.17. The second-order valence-electron chi connectivity index (χ2n) is 3.69. The van der Waals surface area contributed by atoms with Crippen LogP contribution >= 0.6 is 0 Å². The van der Waals surface area contributed by atoms with Crippen LogP contribution in [0.15, 0.2) is 35.6 Å². The lowest BCUT2D eigenvalue weighted by Gasteiger charge is -2.06. The summed E-state index contributed by atoms with van der Waals surface area (Å²) in [5.74, 6) is -0.729. The third-order valence-corrected chi connectivity index (χ3v) is 2.33. The Balaban J connectivity index is 3.16. The molecule has 0 amide bonds. The summed E-state index contributed by atoms with van der Waals surface area (Å²) in [4.78, 5) is 10.7. The maximum Gasteiger partial charge on any atom is 0.346 e. The molecular formula is C14H13NO5. The van der Waals surface area contributed by atoms with E-state index < -0.39 is 11.5 Å². The van der Waals surface area contributed by atoms with Gasteiger partial charge in [0.2, 0.25) is 0 Å². The fourth-order valence-electron chi connectivity index (χ4n) is 1.41. The summed E-state index contributed by atoms with van der Waals surface area (Å²) in [6, 6.07) is 6.38. The predicted octanol–water partition coefficient (Wildman–Crippen LogP) is 2.14. The fraction of sp³-hybridized carbons (Fsp3) is 0.143. The molecule has 0 spiro atoms. The Morgan fingerprint density at radius 2 is 1.75 bits per heavy atom. The summed E-state index contributed by atoms with van der Waals surface area (Å²) in [5.41, 5.74) is -0.0220. The molecule has 0 aromatic heterocycles. The van der Waals surface area contributed by atoms with Crippen molar-refractivity contribution in [2.75, 3.05) is 14.2 Å². The molecule has 0 radical (unpaired) electrons. The van der Waals surface area contributed by atoms with Gasteiger partial charge in [-0.25, -0.2) is 4.79 Å². The number of allylic oxidation sites excluding steroid dienone is 1. The van der Waals surface area contributed by atoms with Crippen LogP contribution in [-0.4, -0.2) is 30.4 Å². The van der Waals surface area contributed by atoms with E-state index in [-0.39, 0.29) is 5.76 Å². The largest absolute Gasteiger partial charge is 0.508 e. The van der Waals surface area contributed by atoms with E-state index in [9.17, 15) is 9.90 Å². The van der Waals surface area contributed by atoms with Crippen molar-refractivity contribution in [2.24, 2.45) is 0 Å². The summed E-state index contributed by atoms with van der Waals surface area (Å²) >= 11 is 0. The van der Waals surface area contributed by atoms with Gasteiger partial charge in [0.1, 0.15) is 28.9 Å². The zero-order valence-corrected chi connectivity index (χ0v) is 11.0. The van der Waals surface area contributed by atoms with Crippen LogP contribution in [0.5, 0.6) is 11.5 Å². The zero-order valence-electron chi connectivity index (χ0n) is 11.0. The lowest BCUT2D eigenvalue weighted by Crippen LogP contribution is -1.98. The number of hydrogen-bond acceptors (Lipinski definition) is 5. The Morgan fingerprint density at radius 3 is 2.15 bits per heavy atom. The van der Waals surface area contributed by atoms with E-state index >= 15 is 0 Å². The molecule has 2 N–H and O–H groups in total. The predicted molar refractivity (Wildman–Crippen MR) is 71.5 cm³/mol. The van der Waals surface area contributed by atoms with Gasteiger partial charge in [-0.15, -0.1) is 0 Å². The van der Waals surface area contributed by atoms with Gasteiger partial charge in [0.15, 0.2) is 0 Å². The zero-order chi connectivity index (χ0) is 15.1. The van der Waals surface area contributed by atoms with E-state index in [0.717, 1.165) is 6.08 Å². The number of hydrogen-bond donors (Lipinski definition) is 2. The number of carbonyl (C=O) groups is 1. The smallest absolute Gasteiger partial charge is 0.346 e. The summed E-state index contributed by atoms with van der Waals surface area (Å²) in [5, 5.41) is 27.0. The SMILES string of the molecule is COc1cc(C=C(O)C=C(C#N)C(=O)O)cc(OC)c1. The van der Waals surface area contributed by atoms with Crippen molar-refractivity contribution in [3.8, 4) is 17.6 Å². The van der Waals surface area contributed by atoms with E-state index in [4.69, 9.17) is 19.8 Å². The number of methoxy groups -OCH3 is 2. The average molecular weight is 275 g/mol. The quantitative estimate of drug-likeness (QED) is 0.369. The molecule has 20 heavy (non-hydrogen) atoms. The normalized spacial score (nSPS) is 11.7. The van der Waals surface area contributed by atoms with E-state index in [1.165, 1.54) is 26.4 Å². The number of aliphatic carboxylic acids is 1. The fourth-order valence-corrected chi connectivity index (χ4v) is 1.41. The molecule has 104 valence electrons. The van der Waals surface area contributed by atoms with Crippen LogP contribution in [0.3, 0.4) is 0 Å². The highest BCUT2D eigenvalue weighted by Gasteiger charge is 2.07. The molecule has 0 saturated heterocycles. The van der Waals surface area contributed by atoms with Crippen LogP contribution in [0.25, 0.3) is 6.08 Å². The first-order valence-corrected chi connectivity index (χ1v) is 5.49. The molecule has 1 rings (SSSR count). The molecule has 0 bridgehead atoms. The second-order valence-corrected chi connectivity index (χ2v) is 3.69. The highest BCUT2D eigenvalue weighted by Crippen LogP contribution is 2.24. The van der Waals surface area contributed by atoms with E-state index in [0.29, 0.717) is 17.1 Å². The van der Waals surface area contributed by atoms with Gasteiger partial charge in [-0.05, 0) is 23.8 Å². The molecule has 0 aliphatic carbocycles. The standard InChI is InChI=1S/C14H13NO5/c1-19-12-4-9(5-13(7-12)20-2)3-11(16)6-10(8-15)14(17)18/h3-7,16H,1-2H3,(H,17,18). The van der Waals surface area contributed by atoms with Crippen LogP contribution in [-0.2, 0) is 4.79 Å². The Bertz CT molecular complexity index is 588. The third kappa shape index (κ3) is 4.07. The third-order valence-electron chi connectivity index (χ3n) is 2.33. The van der Waals surface area contributed by atoms with Gasteiger partial charge >= 0.3 is 5.97 Å². The monoisotopic (exact) mass is 275 g/mol. The average Bonchev–Trinajstić information content (AvgIpc) is 2.43. The number of carboxylic acids is 1. The highest BCUT2D eigenvalue weighted by molar-refractivity contribution is 5.91. The van der Waals surface area contributed by atoms with Crippen LogP contribution < -0.4 is 9.47 Å². The maximum absolute atomic E-state index is 10.7. The number of aliphatic hydroxyl groups is 1. The van der Waals surface area contributed by atoms with Gasteiger partial charge < -0.3 is 19.7 Å². The first-order chi connectivity index (χ1) is 9.49. The molecular weight excluding hydrogens is 262 g/mol. The van der Waals surface area contributed by atoms with Crippen LogP contribution in [0.4, 0.5) is 0 Å². The number of ether oxygens (including phenoxy) is 2. The van der Waals surface area contributed by atoms with Crippen molar-refractivity contribution in [2.45, 2.75) is 0 Å². The Labute approximate surface area is 115 Å². The van der Waals surface area contributed by atoms with Gasteiger partial charge in [-0.3, -0.25) is 0 Å². The van der Waals surface area contributed by atoms with Crippen molar-refractivity contribution < 1.29 is 24.5 Å². The first-order valence-electron chi connectivity index (χ1n) is 5.49. The Hall–Kier alpha value is -2.94. The molecule has 0 aliphatic heterocycles. The molecule has 0 unspecified atom stereocenters. The van der Waals surface area contributed by atoms with Crippen molar-refractivity contribution in [3.63, 3.8) is 0 Å². The molecule has 0 aliphatic rings. The van der Waals surface area contributed by atoms with Gasteiger partial charge in [0.25, 0.3) is 0 Å². The minimum Gasteiger partial charge on any atom is -0.508 e. The van der Waals surface area contributed by atoms with Gasteiger partial charge in [0, 0.05) is 12.1 Å². The van der Waals surface area contributed by atoms with Crippen LogP contribution in [0.2, 0.25) is 0 Å². The van der Waals surface area contributed by atoms with Crippen molar-refractivity contribution in [1.29, 1.82) is 5.26 Å². The van der Waals surface area contributed by atoms with Crippen LogP contribution in [0, 0.1) is 11.3 Å².